The van der Waals surface area contributed by atoms with Gasteiger partial charge in [-0.1, -0.05) is 36.7 Å². The molecule has 0 atom stereocenters. The predicted molar refractivity (Wildman–Crippen MR) is 82.0 cm³/mol. The Labute approximate surface area is 125 Å². The Morgan fingerprint density at radius 3 is 2.60 bits per heavy atom. The Kier molecular flexibility index (Phi) is 5.68. The van der Waals surface area contributed by atoms with E-state index in [4.69, 9.17) is 11.6 Å². The van der Waals surface area contributed by atoms with Gasteiger partial charge in [0.25, 0.3) is 0 Å². The molecule has 1 aromatic rings. The summed E-state index contributed by atoms with van der Waals surface area (Å²) >= 11 is 6.18. The molecule has 1 fully saturated rings. The van der Waals surface area contributed by atoms with Crippen LogP contribution in [0.1, 0.15) is 18.9 Å². The molecule has 1 aliphatic rings. The second-order valence-electron chi connectivity index (χ2n) is 5.09. The molecule has 1 heterocycles. The number of nitrogens with zero attached hydrogens (tertiary/aromatic N) is 2. The summed E-state index contributed by atoms with van der Waals surface area (Å²) in [4.78, 5) is 16.1. The van der Waals surface area contributed by atoms with Gasteiger partial charge >= 0.3 is 6.03 Å². The highest BCUT2D eigenvalue weighted by Gasteiger charge is 2.20. The van der Waals surface area contributed by atoms with Crippen LogP contribution in [0.25, 0.3) is 0 Å². The summed E-state index contributed by atoms with van der Waals surface area (Å²) in [6.45, 7) is 7.00. The smallest absolute Gasteiger partial charge is 0.317 e. The number of amides is 2. The Balaban J connectivity index is 1.80. The molecular formula is C15H22ClN3O. The molecule has 0 unspecified atom stereocenters. The molecule has 0 spiro atoms. The Morgan fingerprint density at radius 2 is 1.95 bits per heavy atom. The molecule has 1 aliphatic heterocycles. The summed E-state index contributed by atoms with van der Waals surface area (Å²) in [5, 5.41) is 3.74. The third kappa shape index (κ3) is 4.12. The second kappa shape index (κ2) is 7.50. The van der Waals surface area contributed by atoms with Gasteiger partial charge in [-0.3, -0.25) is 4.90 Å². The topological polar surface area (TPSA) is 35.6 Å². The first kappa shape index (κ1) is 15.1. The third-order valence-corrected chi connectivity index (χ3v) is 3.91. The largest absolute Gasteiger partial charge is 0.338 e. The van der Waals surface area contributed by atoms with Crippen LogP contribution in [0.4, 0.5) is 4.79 Å². The number of carbonyl (C=O) groups is 1. The first-order valence-corrected chi connectivity index (χ1v) is 7.57. The zero-order valence-corrected chi connectivity index (χ0v) is 12.7. The number of rotatable bonds is 4. The number of piperazine rings is 1. The van der Waals surface area contributed by atoms with Crippen LogP contribution in [0.15, 0.2) is 24.3 Å². The van der Waals surface area contributed by atoms with Gasteiger partial charge in [-0.2, -0.15) is 0 Å². The average molecular weight is 296 g/mol. The first-order valence-electron chi connectivity index (χ1n) is 7.19. The minimum Gasteiger partial charge on any atom is -0.338 e. The molecule has 0 aromatic heterocycles. The summed E-state index contributed by atoms with van der Waals surface area (Å²) < 4.78 is 0. The van der Waals surface area contributed by atoms with E-state index in [1.807, 2.05) is 23.1 Å². The number of carbonyl (C=O) groups excluding carboxylic acids is 1. The molecule has 1 aromatic carbocycles. The van der Waals surface area contributed by atoms with Crippen molar-refractivity contribution in [3.05, 3.63) is 34.9 Å². The number of halogens is 1. The monoisotopic (exact) mass is 295 g/mol. The molecule has 0 bridgehead atoms. The molecule has 0 saturated carbocycles. The summed E-state index contributed by atoms with van der Waals surface area (Å²) in [6.07, 6.45) is 0.970. The van der Waals surface area contributed by atoms with E-state index in [2.05, 4.69) is 23.2 Å². The van der Waals surface area contributed by atoms with Crippen LogP contribution in [0.5, 0.6) is 0 Å². The highest BCUT2D eigenvalue weighted by Crippen LogP contribution is 2.17. The maximum absolute atomic E-state index is 11.9. The number of nitrogens with one attached hydrogen (secondary N) is 1. The van der Waals surface area contributed by atoms with Gasteiger partial charge in [0.2, 0.25) is 0 Å². The predicted octanol–water partition coefficient (Wildman–Crippen LogP) is 2.58. The minimum atomic E-state index is 0.0595. The van der Waals surface area contributed by atoms with Gasteiger partial charge in [-0.25, -0.2) is 4.79 Å². The van der Waals surface area contributed by atoms with Crippen LogP contribution in [0.3, 0.4) is 0 Å². The van der Waals surface area contributed by atoms with Crippen LogP contribution in [0, 0.1) is 0 Å². The molecule has 2 rings (SSSR count). The van der Waals surface area contributed by atoms with E-state index in [0.29, 0.717) is 0 Å². The third-order valence-electron chi connectivity index (χ3n) is 3.54. The van der Waals surface area contributed by atoms with Gasteiger partial charge in [-0.05, 0) is 18.1 Å². The van der Waals surface area contributed by atoms with Crippen molar-refractivity contribution in [3.8, 4) is 0 Å². The Morgan fingerprint density at radius 1 is 1.25 bits per heavy atom. The van der Waals surface area contributed by atoms with Gasteiger partial charge < -0.3 is 10.2 Å². The van der Waals surface area contributed by atoms with Crippen LogP contribution >= 0.6 is 11.6 Å². The minimum absolute atomic E-state index is 0.0595. The molecule has 1 N–H and O–H groups in total. The SMILES string of the molecule is CCCNC(=O)N1CCN(Cc2ccccc2Cl)CC1. The maximum atomic E-state index is 11.9. The second-order valence-corrected chi connectivity index (χ2v) is 5.49. The molecule has 2 amide bonds. The number of hydrogen-bond donors (Lipinski definition) is 1. The molecule has 5 heteroatoms. The highest BCUT2D eigenvalue weighted by atomic mass is 35.5. The normalized spacial score (nSPS) is 16.2. The van der Waals surface area contributed by atoms with Gasteiger partial charge in [0.05, 0.1) is 0 Å². The zero-order chi connectivity index (χ0) is 14.4. The average Bonchev–Trinajstić information content (AvgIpc) is 2.48. The molecule has 4 nitrogen and oxygen atoms in total. The van der Waals surface area contributed by atoms with Gasteiger partial charge in [0.1, 0.15) is 0 Å². The first-order chi connectivity index (χ1) is 9.70. The molecule has 0 radical (unpaired) electrons. The van der Waals surface area contributed by atoms with Crippen molar-refractivity contribution >= 4 is 17.6 Å². The van der Waals surface area contributed by atoms with Crippen molar-refractivity contribution in [2.75, 3.05) is 32.7 Å². The lowest BCUT2D eigenvalue weighted by molar-refractivity contribution is 0.135. The number of benzene rings is 1. The van der Waals surface area contributed by atoms with Crippen molar-refractivity contribution in [1.82, 2.24) is 15.1 Å². The number of urea groups is 1. The Bertz CT molecular complexity index is 444. The molecule has 20 heavy (non-hydrogen) atoms. The Hall–Kier alpha value is -1.26. The molecule has 1 saturated heterocycles. The van der Waals surface area contributed by atoms with Crippen LogP contribution < -0.4 is 5.32 Å². The van der Waals surface area contributed by atoms with E-state index in [-0.39, 0.29) is 6.03 Å². The lowest BCUT2D eigenvalue weighted by Crippen LogP contribution is -2.51. The summed E-state index contributed by atoms with van der Waals surface area (Å²) in [6, 6.07) is 8.00. The van der Waals surface area contributed by atoms with Crippen LogP contribution in [-0.2, 0) is 6.54 Å². The van der Waals surface area contributed by atoms with Crippen molar-refractivity contribution in [3.63, 3.8) is 0 Å². The van der Waals surface area contributed by atoms with E-state index in [9.17, 15) is 4.79 Å². The van der Waals surface area contributed by atoms with Gasteiger partial charge in [0.15, 0.2) is 0 Å². The van der Waals surface area contributed by atoms with E-state index >= 15 is 0 Å². The maximum Gasteiger partial charge on any atom is 0.317 e. The van der Waals surface area contributed by atoms with Gasteiger partial charge in [0, 0.05) is 44.3 Å². The van der Waals surface area contributed by atoms with Crippen molar-refractivity contribution in [2.45, 2.75) is 19.9 Å². The lowest BCUT2D eigenvalue weighted by atomic mass is 10.2. The van der Waals surface area contributed by atoms with Gasteiger partial charge in [-0.15, -0.1) is 0 Å². The van der Waals surface area contributed by atoms with E-state index in [1.165, 1.54) is 0 Å². The van der Waals surface area contributed by atoms with E-state index in [1.54, 1.807) is 0 Å². The van der Waals surface area contributed by atoms with Crippen molar-refractivity contribution in [2.24, 2.45) is 0 Å². The highest BCUT2D eigenvalue weighted by molar-refractivity contribution is 6.31. The fourth-order valence-electron chi connectivity index (χ4n) is 2.32. The van der Waals surface area contributed by atoms with Crippen molar-refractivity contribution < 1.29 is 4.79 Å². The fraction of sp³-hybridized carbons (Fsp3) is 0.533. The summed E-state index contributed by atoms with van der Waals surface area (Å²) in [5.74, 6) is 0. The molecule has 110 valence electrons. The summed E-state index contributed by atoms with van der Waals surface area (Å²) in [7, 11) is 0. The van der Waals surface area contributed by atoms with E-state index < -0.39 is 0 Å². The fourth-order valence-corrected chi connectivity index (χ4v) is 2.52. The van der Waals surface area contributed by atoms with Crippen LogP contribution in [-0.4, -0.2) is 48.6 Å². The van der Waals surface area contributed by atoms with E-state index in [0.717, 1.165) is 56.3 Å². The van der Waals surface area contributed by atoms with Crippen LogP contribution in [0.2, 0.25) is 5.02 Å². The lowest BCUT2D eigenvalue weighted by Gasteiger charge is -2.34. The quantitative estimate of drug-likeness (QED) is 0.927. The zero-order valence-electron chi connectivity index (χ0n) is 11.9. The molecular weight excluding hydrogens is 274 g/mol. The number of hydrogen-bond acceptors (Lipinski definition) is 2. The molecule has 0 aliphatic carbocycles. The van der Waals surface area contributed by atoms with Crippen molar-refractivity contribution in [1.29, 1.82) is 0 Å². The summed E-state index contributed by atoms with van der Waals surface area (Å²) in [5.41, 5.74) is 1.15. The standard InChI is InChI=1S/C15H22ClN3O/c1-2-7-17-15(20)19-10-8-18(9-11-19)12-13-5-3-4-6-14(13)16/h3-6H,2,7-12H2,1H3,(H,17,20).